The van der Waals surface area contributed by atoms with E-state index in [0.717, 1.165) is 5.56 Å². The topological polar surface area (TPSA) is 107 Å². The Kier molecular flexibility index (Phi) is 5.83. The Labute approximate surface area is 200 Å². The predicted octanol–water partition coefficient (Wildman–Crippen LogP) is 6.25. The van der Waals surface area contributed by atoms with Crippen LogP contribution in [0.4, 0.5) is 11.4 Å². The van der Waals surface area contributed by atoms with Crippen LogP contribution in [0.5, 0.6) is 11.5 Å². The Morgan fingerprint density at radius 3 is 2.46 bits per heavy atom. The van der Waals surface area contributed by atoms with Gasteiger partial charge in [-0.3, -0.25) is 19.9 Å². The number of amides is 1. The van der Waals surface area contributed by atoms with E-state index >= 15 is 0 Å². The number of nitro benzene ring substituents is 1. The predicted molar refractivity (Wildman–Crippen MR) is 133 cm³/mol. The second-order valence-electron chi connectivity index (χ2n) is 7.66. The molecule has 2 heterocycles. The van der Waals surface area contributed by atoms with Gasteiger partial charge in [-0.15, -0.1) is 0 Å². The normalized spacial score (nSPS) is 10.6. The number of non-ortho nitro benzene ring substituents is 1. The van der Waals surface area contributed by atoms with E-state index in [1.807, 2.05) is 54.6 Å². The van der Waals surface area contributed by atoms with Gasteiger partial charge >= 0.3 is 0 Å². The van der Waals surface area contributed by atoms with Gasteiger partial charge in [-0.25, -0.2) is 4.98 Å². The van der Waals surface area contributed by atoms with Crippen LogP contribution in [0, 0.1) is 10.1 Å². The molecule has 0 radical (unpaired) electrons. The van der Waals surface area contributed by atoms with E-state index < -0.39 is 10.8 Å². The minimum absolute atomic E-state index is 0.201. The first-order valence-corrected chi connectivity index (χ1v) is 10.7. The van der Waals surface area contributed by atoms with Crippen LogP contribution < -0.4 is 10.1 Å². The molecule has 0 aliphatic carbocycles. The number of fused-ring (bicyclic) bond motifs is 1. The molecule has 5 aromatic rings. The highest BCUT2D eigenvalue weighted by molar-refractivity contribution is 6.13. The van der Waals surface area contributed by atoms with Crippen molar-refractivity contribution in [3.05, 3.63) is 119 Å². The smallest absolute Gasteiger partial charge is 0.275 e. The standard InChI is InChI=1S/C27H18N4O4/c32-27(24-16-26(18-7-2-1-3-8-18)30-25-11-5-4-10-23(24)25)29-19-13-20(31(33)34)15-22(14-19)35-21-9-6-12-28-17-21/h1-17H,(H,29,32). The summed E-state index contributed by atoms with van der Waals surface area (Å²) >= 11 is 0. The minimum atomic E-state index is -0.541. The Bertz CT molecular complexity index is 1540. The van der Waals surface area contributed by atoms with Crippen LogP contribution in [-0.2, 0) is 0 Å². The van der Waals surface area contributed by atoms with Gasteiger partial charge in [0, 0.05) is 29.3 Å². The van der Waals surface area contributed by atoms with E-state index in [2.05, 4.69) is 10.3 Å². The van der Waals surface area contributed by atoms with Crippen LogP contribution >= 0.6 is 0 Å². The van der Waals surface area contributed by atoms with Crippen molar-refractivity contribution in [3.63, 3.8) is 0 Å². The molecule has 0 atom stereocenters. The van der Waals surface area contributed by atoms with Gasteiger partial charge in [0.2, 0.25) is 0 Å². The molecule has 0 saturated heterocycles. The van der Waals surface area contributed by atoms with Crippen molar-refractivity contribution >= 4 is 28.2 Å². The van der Waals surface area contributed by atoms with Gasteiger partial charge in [-0.2, -0.15) is 0 Å². The number of benzene rings is 3. The number of anilines is 1. The van der Waals surface area contributed by atoms with Crippen LogP contribution in [0.1, 0.15) is 10.4 Å². The summed E-state index contributed by atoms with van der Waals surface area (Å²) in [4.78, 5) is 33.0. The molecule has 2 aromatic heterocycles. The van der Waals surface area contributed by atoms with E-state index in [1.165, 1.54) is 24.4 Å². The number of rotatable bonds is 6. The molecule has 0 aliphatic rings. The third kappa shape index (κ3) is 4.81. The first-order valence-electron chi connectivity index (χ1n) is 10.7. The third-order valence-corrected chi connectivity index (χ3v) is 5.26. The molecule has 8 heteroatoms. The Morgan fingerprint density at radius 2 is 1.69 bits per heavy atom. The SMILES string of the molecule is O=C(Nc1cc(Oc2cccnc2)cc([N+](=O)[O-])c1)c1cc(-c2ccccc2)nc2ccccc12. The van der Waals surface area contributed by atoms with E-state index in [-0.39, 0.29) is 17.1 Å². The number of aromatic nitrogens is 2. The fourth-order valence-corrected chi connectivity index (χ4v) is 3.68. The average Bonchev–Trinajstić information content (AvgIpc) is 2.89. The summed E-state index contributed by atoms with van der Waals surface area (Å²) in [6.45, 7) is 0. The molecular weight excluding hydrogens is 444 g/mol. The summed E-state index contributed by atoms with van der Waals surface area (Å²) in [5.74, 6) is 0.193. The summed E-state index contributed by atoms with van der Waals surface area (Å²) in [7, 11) is 0. The summed E-state index contributed by atoms with van der Waals surface area (Å²) < 4.78 is 5.72. The zero-order valence-corrected chi connectivity index (χ0v) is 18.3. The highest BCUT2D eigenvalue weighted by Gasteiger charge is 2.17. The molecule has 0 unspecified atom stereocenters. The Hall–Kier alpha value is -5.11. The second kappa shape index (κ2) is 9.40. The molecule has 8 nitrogen and oxygen atoms in total. The summed E-state index contributed by atoms with van der Waals surface area (Å²) in [5.41, 5.74) is 2.59. The molecular formula is C27H18N4O4. The first kappa shape index (κ1) is 21.7. The zero-order chi connectivity index (χ0) is 24.2. The molecule has 0 fully saturated rings. The monoisotopic (exact) mass is 462 g/mol. The van der Waals surface area contributed by atoms with E-state index in [4.69, 9.17) is 9.72 Å². The fourth-order valence-electron chi connectivity index (χ4n) is 3.68. The molecule has 3 aromatic carbocycles. The van der Waals surface area contributed by atoms with Gasteiger partial charge in [-0.1, -0.05) is 48.5 Å². The number of ether oxygens (including phenoxy) is 1. The number of nitrogens with one attached hydrogen (secondary N) is 1. The maximum absolute atomic E-state index is 13.4. The summed E-state index contributed by atoms with van der Waals surface area (Å²) in [5, 5.41) is 15.0. The van der Waals surface area contributed by atoms with Gasteiger partial charge in [0.1, 0.15) is 11.5 Å². The van der Waals surface area contributed by atoms with Crippen molar-refractivity contribution in [2.75, 3.05) is 5.32 Å². The number of nitro groups is 1. The zero-order valence-electron chi connectivity index (χ0n) is 18.3. The van der Waals surface area contributed by atoms with Crippen molar-refractivity contribution in [1.29, 1.82) is 0 Å². The van der Waals surface area contributed by atoms with Crippen molar-refractivity contribution < 1.29 is 14.5 Å². The molecule has 35 heavy (non-hydrogen) atoms. The molecule has 0 bridgehead atoms. The van der Waals surface area contributed by atoms with Crippen LogP contribution in [0.25, 0.3) is 22.2 Å². The number of carbonyl (C=O) groups excluding carboxylic acids is 1. The lowest BCUT2D eigenvalue weighted by molar-refractivity contribution is -0.384. The van der Waals surface area contributed by atoms with Gasteiger partial charge in [0.05, 0.1) is 39.6 Å². The maximum atomic E-state index is 13.4. The fraction of sp³-hybridized carbons (Fsp3) is 0. The average molecular weight is 462 g/mol. The molecule has 1 N–H and O–H groups in total. The maximum Gasteiger partial charge on any atom is 0.275 e. The summed E-state index contributed by atoms with van der Waals surface area (Å²) in [6.07, 6.45) is 3.08. The first-order chi connectivity index (χ1) is 17.1. The quantitative estimate of drug-likeness (QED) is 0.236. The number of pyridine rings is 2. The van der Waals surface area contributed by atoms with Gasteiger partial charge < -0.3 is 10.1 Å². The third-order valence-electron chi connectivity index (χ3n) is 5.26. The van der Waals surface area contributed by atoms with Crippen LogP contribution in [0.15, 0.2) is 103 Å². The van der Waals surface area contributed by atoms with Gasteiger partial charge in [-0.05, 0) is 24.3 Å². The minimum Gasteiger partial charge on any atom is -0.455 e. The van der Waals surface area contributed by atoms with Crippen molar-refractivity contribution in [3.8, 4) is 22.8 Å². The van der Waals surface area contributed by atoms with Gasteiger partial charge in [0.15, 0.2) is 0 Å². The van der Waals surface area contributed by atoms with E-state index in [9.17, 15) is 14.9 Å². The van der Waals surface area contributed by atoms with Crippen LogP contribution in [-0.4, -0.2) is 20.8 Å². The van der Waals surface area contributed by atoms with E-state index in [0.29, 0.717) is 27.9 Å². The number of hydrogen-bond donors (Lipinski definition) is 1. The number of nitrogens with zero attached hydrogens (tertiary/aromatic N) is 3. The van der Waals surface area contributed by atoms with Crippen LogP contribution in [0.3, 0.4) is 0 Å². The molecule has 0 spiro atoms. The molecule has 0 aliphatic heterocycles. The second-order valence-corrected chi connectivity index (χ2v) is 7.66. The van der Waals surface area contributed by atoms with Crippen molar-refractivity contribution in [2.24, 2.45) is 0 Å². The van der Waals surface area contributed by atoms with Crippen LogP contribution in [0.2, 0.25) is 0 Å². The number of carbonyl (C=O) groups is 1. The van der Waals surface area contributed by atoms with Crippen molar-refractivity contribution in [1.82, 2.24) is 9.97 Å². The van der Waals surface area contributed by atoms with E-state index in [1.54, 1.807) is 24.4 Å². The highest BCUT2D eigenvalue weighted by atomic mass is 16.6. The molecule has 0 saturated carbocycles. The number of hydrogen-bond acceptors (Lipinski definition) is 6. The highest BCUT2D eigenvalue weighted by Crippen LogP contribution is 2.31. The molecule has 1 amide bonds. The molecule has 5 rings (SSSR count). The lowest BCUT2D eigenvalue weighted by Crippen LogP contribution is -2.13. The lowest BCUT2D eigenvalue weighted by Gasteiger charge is -2.12. The summed E-state index contributed by atoms with van der Waals surface area (Å²) in [6, 6.07) is 26.1. The largest absolute Gasteiger partial charge is 0.455 e. The van der Waals surface area contributed by atoms with Crippen molar-refractivity contribution in [2.45, 2.75) is 0 Å². The Morgan fingerprint density at radius 1 is 0.886 bits per heavy atom. The lowest BCUT2D eigenvalue weighted by atomic mass is 10.0. The Balaban J connectivity index is 1.53. The van der Waals surface area contributed by atoms with Gasteiger partial charge in [0.25, 0.3) is 11.6 Å². The molecule has 170 valence electrons. The number of para-hydroxylation sites is 1.